The van der Waals surface area contributed by atoms with Crippen LogP contribution in [0.1, 0.15) is 23.2 Å². The standard InChI is InChI=1S/C19H22N2O5S/c1-25-16-10-14(11-17(13-16)26-2)19(22)20-15-6-5-7-18(12-15)27(23,24)21-8-3-4-9-21/h5-7,10-13H,3-4,8-9H2,1-2H3,(H,20,22). The van der Waals surface area contributed by atoms with E-state index in [4.69, 9.17) is 9.47 Å². The molecule has 0 radical (unpaired) electrons. The van der Waals surface area contributed by atoms with Gasteiger partial charge in [-0.3, -0.25) is 4.79 Å². The molecule has 0 aromatic heterocycles. The van der Waals surface area contributed by atoms with Crippen molar-refractivity contribution < 1.29 is 22.7 Å². The molecule has 0 unspecified atom stereocenters. The van der Waals surface area contributed by atoms with E-state index in [1.807, 2.05) is 0 Å². The summed E-state index contributed by atoms with van der Waals surface area (Å²) in [5.41, 5.74) is 0.751. The van der Waals surface area contributed by atoms with Gasteiger partial charge in [0.15, 0.2) is 0 Å². The van der Waals surface area contributed by atoms with E-state index in [9.17, 15) is 13.2 Å². The highest BCUT2D eigenvalue weighted by atomic mass is 32.2. The van der Waals surface area contributed by atoms with E-state index < -0.39 is 10.0 Å². The van der Waals surface area contributed by atoms with Crippen molar-refractivity contribution in [1.82, 2.24) is 4.31 Å². The molecule has 0 saturated carbocycles. The third-order valence-corrected chi connectivity index (χ3v) is 6.30. The number of nitrogens with zero attached hydrogens (tertiary/aromatic N) is 1. The number of anilines is 1. The molecule has 1 amide bonds. The predicted molar refractivity (Wildman–Crippen MR) is 102 cm³/mol. The number of rotatable bonds is 6. The van der Waals surface area contributed by atoms with Crippen LogP contribution < -0.4 is 14.8 Å². The van der Waals surface area contributed by atoms with Gasteiger partial charge in [-0.15, -0.1) is 0 Å². The molecule has 0 bridgehead atoms. The Morgan fingerprint density at radius 1 is 1.00 bits per heavy atom. The Balaban J connectivity index is 1.83. The molecule has 8 heteroatoms. The number of carbonyl (C=O) groups is 1. The summed E-state index contributed by atoms with van der Waals surface area (Å²) < 4.78 is 37.2. The fourth-order valence-corrected chi connectivity index (χ4v) is 4.52. The zero-order valence-electron chi connectivity index (χ0n) is 15.3. The van der Waals surface area contributed by atoms with Gasteiger partial charge in [-0.1, -0.05) is 6.07 Å². The average molecular weight is 390 g/mol. The first kappa shape index (κ1) is 19.2. The number of hydrogen-bond acceptors (Lipinski definition) is 5. The number of amides is 1. The minimum atomic E-state index is -3.54. The second-order valence-corrected chi connectivity index (χ2v) is 8.13. The van der Waals surface area contributed by atoms with Crippen LogP contribution in [0.25, 0.3) is 0 Å². The Hall–Kier alpha value is -2.58. The van der Waals surface area contributed by atoms with Crippen LogP contribution in [0.5, 0.6) is 11.5 Å². The van der Waals surface area contributed by atoms with Gasteiger partial charge in [0.2, 0.25) is 10.0 Å². The molecule has 144 valence electrons. The van der Waals surface area contributed by atoms with Crippen LogP contribution >= 0.6 is 0 Å². The first-order chi connectivity index (χ1) is 12.9. The average Bonchev–Trinajstić information content (AvgIpc) is 3.23. The molecular weight excluding hydrogens is 368 g/mol. The molecule has 0 spiro atoms. The van der Waals surface area contributed by atoms with Crippen LogP contribution in [0.15, 0.2) is 47.4 Å². The SMILES string of the molecule is COc1cc(OC)cc(C(=O)Nc2cccc(S(=O)(=O)N3CCCC3)c2)c1. The lowest BCUT2D eigenvalue weighted by atomic mass is 10.2. The molecule has 1 aliphatic heterocycles. The van der Waals surface area contributed by atoms with Crippen molar-refractivity contribution in [3.8, 4) is 11.5 Å². The van der Waals surface area contributed by atoms with E-state index >= 15 is 0 Å². The third kappa shape index (κ3) is 4.23. The van der Waals surface area contributed by atoms with E-state index in [2.05, 4.69) is 5.32 Å². The third-order valence-electron chi connectivity index (χ3n) is 4.41. The van der Waals surface area contributed by atoms with E-state index in [1.54, 1.807) is 30.3 Å². The van der Waals surface area contributed by atoms with E-state index in [0.29, 0.717) is 35.8 Å². The van der Waals surface area contributed by atoms with Crippen molar-refractivity contribution in [2.24, 2.45) is 0 Å². The van der Waals surface area contributed by atoms with E-state index in [1.165, 1.54) is 30.7 Å². The van der Waals surface area contributed by atoms with Crippen LogP contribution in [0.2, 0.25) is 0 Å². The molecule has 1 N–H and O–H groups in total. The van der Waals surface area contributed by atoms with Crippen LogP contribution in [-0.2, 0) is 10.0 Å². The smallest absolute Gasteiger partial charge is 0.255 e. The van der Waals surface area contributed by atoms with Gasteiger partial charge >= 0.3 is 0 Å². The molecule has 3 rings (SSSR count). The second kappa shape index (κ2) is 7.98. The Morgan fingerprint density at radius 2 is 1.63 bits per heavy atom. The summed E-state index contributed by atoms with van der Waals surface area (Å²) in [6.07, 6.45) is 1.74. The molecule has 0 atom stereocenters. The molecule has 7 nitrogen and oxygen atoms in total. The van der Waals surface area contributed by atoms with Gasteiger partial charge in [-0.2, -0.15) is 4.31 Å². The van der Waals surface area contributed by atoms with Crippen molar-refractivity contribution in [2.75, 3.05) is 32.6 Å². The van der Waals surface area contributed by atoms with Crippen LogP contribution in [-0.4, -0.2) is 45.9 Å². The summed E-state index contributed by atoms with van der Waals surface area (Å²) in [5, 5.41) is 2.73. The van der Waals surface area contributed by atoms with Gasteiger partial charge < -0.3 is 14.8 Å². The zero-order chi connectivity index (χ0) is 19.4. The minimum Gasteiger partial charge on any atom is -0.497 e. The van der Waals surface area contributed by atoms with Gasteiger partial charge in [0.1, 0.15) is 11.5 Å². The largest absolute Gasteiger partial charge is 0.497 e. The monoisotopic (exact) mass is 390 g/mol. The lowest BCUT2D eigenvalue weighted by Crippen LogP contribution is -2.27. The van der Waals surface area contributed by atoms with Gasteiger partial charge in [0.05, 0.1) is 19.1 Å². The fourth-order valence-electron chi connectivity index (χ4n) is 2.95. The molecule has 1 fully saturated rings. The van der Waals surface area contributed by atoms with Gasteiger partial charge in [-0.25, -0.2) is 8.42 Å². The highest BCUT2D eigenvalue weighted by Gasteiger charge is 2.27. The number of hydrogen-bond donors (Lipinski definition) is 1. The molecule has 1 saturated heterocycles. The number of carbonyl (C=O) groups excluding carboxylic acids is 1. The van der Waals surface area contributed by atoms with Crippen molar-refractivity contribution in [1.29, 1.82) is 0 Å². The van der Waals surface area contributed by atoms with Crippen LogP contribution in [0.3, 0.4) is 0 Å². The van der Waals surface area contributed by atoms with Crippen molar-refractivity contribution in [3.63, 3.8) is 0 Å². The Bertz CT molecular complexity index is 915. The summed E-state index contributed by atoms with van der Waals surface area (Å²) in [7, 11) is -0.535. The molecule has 1 aliphatic rings. The Labute approximate surface area is 158 Å². The number of ether oxygens (including phenoxy) is 2. The summed E-state index contributed by atoms with van der Waals surface area (Å²) in [4.78, 5) is 12.8. The maximum atomic E-state index is 12.7. The first-order valence-electron chi connectivity index (χ1n) is 8.58. The highest BCUT2D eigenvalue weighted by molar-refractivity contribution is 7.89. The molecule has 27 heavy (non-hydrogen) atoms. The lowest BCUT2D eigenvalue weighted by molar-refractivity contribution is 0.102. The number of nitrogens with one attached hydrogen (secondary N) is 1. The summed E-state index contributed by atoms with van der Waals surface area (Å²) in [6, 6.07) is 11.1. The quantitative estimate of drug-likeness (QED) is 0.820. The van der Waals surface area contributed by atoms with Crippen LogP contribution in [0.4, 0.5) is 5.69 Å². The maximum Gasteiger partial charge on any atom is 0.255 e. The fraction of sp³-hybridized carbons (Fsp3) is 0.316. The number of benzene rings is 2. The van der Waals surface area contributed by atoms with Crippen LogP contribution in [0, 0.1) is 0 Å². The zero-order valence-corrected chi connectivity index (χ0v) is 16.1. The molecule has 2 aromatic carbocycles. The molecule has 2 aromatic rings. The molecule has 1 heterocycles. The Morgan fingerprint density at radius 3 is 2.22 bits per heavy atom. The number of sulfonamides is 1. The Kier molecular flexibility index (Phi) is 5.67. The van der Waals surface area contributed by atoms with E-state index in [0.717, 1.165) is 12.8 Å². The second-order valence-electron chi connectivity index (χ2n) is 6.19. The van der Waals surface area contributed by atoms with Gasteiger partial charge in [0.25, 0.3) is 5.91 Å². The van der Waals surface area contributed by atoms with Crippen molar-refractivity contribution in [3.05, 3.63) is 48.0 Å². The predicted octanol–water partition coefficient (Wildman–Crippen LogP) is 2.74. The molecular formula is C19H22N2O5S. The summed E-state index contributed by atoms with van der Waals surface area (Å²) >= 11 is 0. The topological polar surface area (TPSA) is 84.9 Å². The normalized spacial score (nSPS) is 14.7. The summed E-state index contributed by atoms with van der Waals surface area (Å²) in [5.74, 6) is 0.595. The molecule has 0 aliphatic carbocycles. The van der Waals surface area contributed by atoms with Crippen molar-refractivity contribution in [2.45, 2.75) is 17.7 Å². The first-order valence-corrected chi connectivity index (χ1v) is 10.0. The summed E-state index contributed by atoms with van der Waals surface area (Å²) in [6.45, 7) is 1.06. The highest BCUT2D eigenvalue weighted by Crippen LogP contribution is 2.25. The van der Waals surface area contributed by atoms with E-state index in [-0.39, 0.29) is 10.8 Å². The van der Waals surface area contributed by atoms with Gasteiger partial charge in [-0.05, 0) is 43.2 Å². The minimum absolute atomic E-state index is 0.172. The lowest BCUT2D eigenvalue weighted by Gasteiger charge is -2.16. The maximum absolute atomic E-state index is 12.7. The number of methoxy groups -OCH3 is 2. The van der Waals surface area contributed by atoms with Crippen molar-refractivity contribution >= 4 is 21.6 Å². The van der Waals surface area contributed by atoms with Gasteiger partial charge in [0, 0.05) is 30.4 Å².